The summed E-state index contributed by atoms with van der Waals surface area (Å²) in [5.41, 5.74) is 2.51. The number of nitrogens with zero attached hydrogens (tertiary/aromatic N) is 2. The summed E-state index contributed by atoms with van der Waals surface area (Å²) in [5.74, 6) is 1.25. The summed E-state index contributed by atoms with van der Waals surface area (Å²) in [5, 5.41) is 4.76. The molecule has 8 heteroatoms. The Morgan fingerprint density at radius 1 is 1.14 bits per heavy atom. The van der Waals surface area contributed by atoms with Gasteiger partial charge in [0.15, 0.2) is 0 Å². The standard InChI is InChI=1S/C21H15Cl2N3O2S/c22-14-4-3-13-8-21(26-19(13)9-14)29-12-20(27)25-18-6-5-15(10-17(18)23)28-16-2-1-7-24-11-16/h1-7,9-11H,8,12H2,(H,25,27). The van der Waals surface area contributed by atoms with E-state index in [1.807, 2.05) is 18.2 Å². The molecule has 29 heavy (non-hydrogen) atoms. The zero-order valence-corrected chi connectivity index (χ0v) is 17.4. The van der Waals surface area contributed by atoms with Crippen molar-refractivity contribution in [2.45, 2.75) is 6.42 Å². The summed E-state index contributed by atoms with van der Waals surface area (Å²) in [6.07, 6.45) is 3.99. The molecular formula is C21H15Cl2N3O2S. The summed E-state index contributed by atoms with van der Waals surface area (Å²) in [6, 6.07) is 14.3. The number of amides is 1. The number of halogens is 2. The fraction of sp³-hybridized carbons (Fsp3) is 0.0952. The number of hydrogen-bond acceptors (Lipinski definition) is 5. The number of pyridine rings is 1. The van der Waals surface area contributed by atoms with E-state index in [1.54, 1.807) is 42.7 Å². The third kappa shape index (κ3) is 5.09. The van der Waals surface area contributed by atoms with Crippen LogP contribution in [0.2, 0.25) is 10.0 Å². The molecule has 0 fully saturated rings. The quantitative estimate of drug-likeness (QED) is 0.514. The number of nitrogens with one attached hydrogen (secondary N) is 1. The van der Waals surface area contributed by atoms with Gasteiger partial charge in [0.2, 0.25) is 5.91 Å². The number of anilines is 1. The third-order valence-electron chi connectivity index (χ3n) is 4.09. The number of carbonyl (C=O) groups excluding carboxylic acids is 1. The second-order valence-corrected chi connectivity index (χ2v) is 8.12. The van der Waals surface area contributed by atoms with Crippen LogP contribution in [0.15, 0.2) is 65.9 Å². The minimum absolute atomic E-state index is 0.158. The average Bonchev–Trinajstić information content (AvgIpc) is 3.11. The first-order valence-corrected chi connectivity index (χ1v) is 10.5. The molecule has 0 aliphatic carbocycles. The van der Waals surface area contributed by atoms with Gasteiger partial charge in [-0.05, 0) is 42.0 Å². The highest BCUT2D eigenvalue weighted by Gasteiger charge is 2.17. The van der Waals surface area contributed by atoms with Crippen LogP contribution >= 0.6 is 35.0 Å². The number of benzene rings is 2. The maximum absolute atomic E-state index is 12.3. The lowest BCUT2D eigenvalue weighted by Gasteiger charge is -2.10. The number of ether oxygens (including phenoxy) is 1. The molecule has 4 rings (SSSR count). The van der Waals surface area contributed by atoms with E-state index in [0.717, 1.165) is 16.3 Å². The molecule has 0 atom stereocenters. The molecule has 1 aliphatic rings. The lowest BCUT2D eigenvalue weighted by molar-refractivity contribution is -0.113. The number of aliphatic imine (C=N–C) groups is 1. The van der Waals surface area contributed by atoms with Crippen LogP contribution in [0.3, 0.4) is 0 Å². The number of carbonyl (C=O) groups is 1. The lowest BCUT2D eigenvalue weighted by atomic mass is 10.2. The Hall–Kier alpha value is -2.54. The van der Waals surface area contributed by atoms with Gasteiger partial charge >= 0.3 is 0 Å². The Morgan fingerprint density at radius 3 is 2.83 bits per heavy atom. The van der Waals surface area contributed by atoms with Crippen molar-refractivity contribution >= 4 is 57.3 Å². The molecule has 146 valence electrons. The highest BCUT2D eigenvalue weighted by atomic mass is 35.5. The van der Waals surface area contributed by atoms with Crippen molar-refractivity contribution in [3.05, 3.63) is 76.5 Å². The summed E-state index contributed by atoms with van der Waals surface area (Å²) in [7, 11) is 0. The second-order valence-electron chi connectivity index (χ2n) is 6.22. The zero-order valence-electron chi connectivity index (χ0n) is 15.1. The number of aromatic nitrogens is 1. The van der Waals surface area contributed by atoms with E-state index in [2.05, 4.69) is 15.3 Å². The molecule has 0 saturated carbocycles. The molecule has 0 unspecified atom stereocenters. The number of fused-ring (bicyclic) bond motifs is 1. The molecule has 1 aromatic heterocycles. The fourth-order valence-electron chi connectivity index (χ4n) is 2.75. The van der Waals surface area contributed by atoms with Gasteiger partial charge in [-0.15, -0.1) is 11.8 Å². The van der Waals surface area contributed by atoms with E-state index in [4.69, 9.17) is 27.9 Å². The summed E-state index contributed by atoms with van der Waals surface area (Å²) >= 11 is 13.7. The van der Waals surface area contributed by atoms with Gasteiger partial charge in [0.1, 0.15) is 11.5 Å². The highest BCUT2D eigenvalue weighted by molar-refractivity contribution is 8.14. The number of hydrogen-bond donors (Lipinski definition) is 1. The molecule has 1 aliphatic heterocycles. The highest BCUT2D eigenvalue weighted by Crippen LogP contribution is 2.33. The molecule has 2 aromatic carbocycles. The predicted octanol–water partition coefficient (Wildman–Crippen LogP) is 6.14. The van der Waals surface area contributed by atoms with Crippen molar-refractivity contribution in [3.8, 4) is 11.5 Å². The van der Waals surface area contributed by atoms with E-state index < -0.39 is 0 Å². The molecule has 0 bridgehead atoms. The van der Waals surface area contributed by atoms with Gasteiger partial charge in [-0.25, -0.2) is 4.99 Å². The van der Waals surface area contributed by atoms with Crippen LogP contribution in [0.1, 0.15) is 5.56 Å². The lowest BCUT2D eigenvalue weighted by Crippen LogP contribution is -2.15. The second kappa shape index (κ2) is 8.86. The number of thioether (sulfide) groups is 1. The summed E-state index contributed by atoms with van der Waals surface area (Å²) in [6.45, 7) is 0. The zero-order chi connectivity index (χ0) is 20.2. The Bertz CT molecular complexity index is 1090. The molecule has 2 heterocycles. The van der Waals surface area contributed by atoms with Gasteiger partial charge in [-0.3, -0.25) is 9.78 Å². The van der Waals surface area contributed by atoms with Crippen molar-refractivity contribution in [2.75, 3.05) is 11.1 Å². The average molecular weight is 444 g/mol. The molecule has 0 saturated heterocycles. The van der Waals surface area contributed by atoms with Crippen LogP contribution in [-0.2, 0) is 11.2 Å². The fourth-order valence-corrected chi connectivity index (χ4v) is 3.92. The molecule has 0 radical (unpaired) electrons. The van der Waals surface area contributed by atoms with Gasteiger partial charge in [0.05, 0.1) is 33.4 Å². The Morgan fingerprint density at radius 2 is 2.03 bits per heavy atom. The third-order valence-corrected chi connectivity index (χ3v) is 5.61. The van der Waals surface area contributed by atoms with Gasteiger partial charge in [-0.1, -0.05) is 29.3 Å². The minimum Gasteiger partial charge on any atom is -0.456 e. The van der Waals surface area contributed by atoms with Gasteiger partial charge in [-0.2, -0.15) is 0 Å². The first kappa shape index (κ1) is 19.8. The van der Waals surface area contributed by atoms with Gasteiger partial charge in [0, 0.05) is 23.7 Å². The Balaban J connectivity index is 1.32. The van der Waals surface area contributed by atoms with Crippen molar-refractivity contribution in [1.29, 1.82) is 0 Å². The SMILES string of the molecule is O=C(CSC1=Nc2cc(Cl)ccc2C1)Nc1ccc(Oc2cccnc2)cc1Cl. The van der Waals surface area contributed by atoms with E-state index in [0.29, 0.717) is 33.7 Å². The first-order chi connectivity index (χ1) is 14.1. The largest absolute Gasteiger partial charge is 0.456 e. The maximum atomic E-state index is 12.3. The van der Waals surface area contributed by atoms with Crippen LogP contribution in [0.25, 0.3) is 0 Å². The predicted molar refractivity (Wildman–Crippen MR) is 119 cm³/mol. The van der Waals surface area contributed by atoms with Crippen molar-refractivity contribution in [3.63, 3.8) is 0 Å². The van der Waals surface area contributed by atoms with Crippen LogP contribution in [0.4, 0.5) is 11.4 Å². The molecule has 1 amide bonds. The summed E-state index contributed by atoms with van der Waals surface area (Å²) in [4.78, 5) is 20.8. The van der Waals surface area contributed by atoms with Crippen LogP contribution < -0.4 is 10.1 Å². The molecule has 5 nitrogen and oxygen atoms in total. The maximum Gasteiger partial charge on any atom is 0.234 e. The summed E-state index contributed by atoms with van der Waals surface area (Å²) < 4.78 is 5.68. The van der Waals surface area contributed by atoms with Gasteiger partial charge in [0.25, 0.3) is 0 Å². The Labute approximate surface area is 182 Å². The Kier molecular flexibility index (Phi) is 6.04. The first-order valence-electron chi connectivity index (χ1n) is 8.73. The van der Waals surface area contributed by atoms with Crippen molar-refractivity contribution in [2.24, 2.45) is 4.99 Å². The van der Waals surface area contributed by atoms with Crippen molar-refractivity contribution in [1.82, 2.24) is 4.98 Å². The van der Waals surface area contributed by atoms with Crippen LogP contribution in [0.5, 0.6) is 11.5 Å². The molecule has 1 N–H and O–H groups in total. The van der Waals surface area contributed by atoms with Crippen LogP contribution in [-0.4, -0.2) is 21.7 Å². The molecule has 3 aromatic rings. The van der Waals surface area contributed by atoms with E-state index in [9.17, 15) is 4.79 Å². The smallest absolute Gasteiger partial charge is 0.234 e. The topological polar surface area (TPSA) is 63.6 Å². The number of rotatable bonds is 5. The minimum atomic E-state index is -0.158. The van der Waals surface area contributed by atoms with Crippen molar-refractivity contribution < 1.29 is 9.53 Å². The monoisotopic (exact) mass is 443 g/mol. The van der Waals surface area contributed by atoms with E-state index in [-0.39, 0.29) is 11.7 Å². The van der Waals surface area contributed by atoms with Gasteiger partial charge < -0.3 is 10.1 Å². The normalized spacial score (nSPS) is 12.3. The molecule has 0 spiro atoms. The molecular weight excluding hydrogens is 429 g/mol. The van der Waals surface area contributed by atoms with Crippen LogP contribution in [0, 0.1) is 0 Å². The van der Waals surface area contributed by atoms with E-state index >= 15 is 0 Å². The van der Waals surface area contributed by atoms with E-state index in [1.165, 1.54) is 11.8 Å².